The second-order valence-corrected chi connectivity index (χ2v) is 5.53. The van der Waals surface area contributed by atoms with Crippen LogP contribution in [0.3, 0.4) is 0 Å². The molecule has 0 aliphatic carbocycles. The van der Waals surface area contributed by atoms with E-state index >= 15 is 0 Å². The monoisotopic (exact) mass is 324 g/mol. The summed E-state index contributed by atoms with van der Waals surface area (Å²) < 4.78 is 0. The normalized spacial score (nSPS) is 13.5. The fourth-order valence-electron chi connectivity index (χ4n) is 1.91. The molecule has 0 saturated carbocycles. The summed E-state index contributed by atoms with van der Waals surface area (Å²) in [5.74, 6) is -0.426. The van der Waals surface area contributed by atoms with Crippen molar-refractivity contribution in [3.8, 4) is 0 Å². The van der Waals surface area contributed by atoms with E-state index in [0.717, 1.165) is 5.56 Å². The molecule has 0 spiro atoms. The lowest BCUT2D eigenvalue weighted by molar-refractivity contribution is 0.0849. The van der Waals surface area contributed by atoms with E-state index in [2.05, 4.69) is 10.3 Å². The highest BCUT2D eigenvalue weighted by molar-refractivity contribution is 6.34. The molecular formula is C15H14Cl2N2O2. The predicted molar refractivity (Wildman–Crippen MR) is 82.6 cm³/mol. The number of aliphatic hydroxyl groups is 1. The molecule has 0 aliphatic rings. The first kappa shape index (κ1) is 15.8. The van der Waals surface area contributed by atoms with Crippen LogP contribution in [-0.4, -0.2) is 22.6 Å². The lowest BCUT2D eigenvalue weighted by Gasteiger charge is -2.29. The summed E-state index contributed by atoms with van der Waals surface area (Å²) in [7, 11) is 0. The molecule has 1 atom stereocenters. The third-order valence-corrected chi connectivity index (χ3v) is 3.67. The average molecular weight is 325 g/mol. The Morgan fingerprint density at radius 2 is 1.90 bits per heavy atom. The number of pyridine rings is 1. The van der Waals surface area contributed by atoms with Gasteiger partial charge in [-0.1, -0.05) is 53.5 Å². The smallest absolute Gasteiger partial charge is 0.255 e. The highest BCUT2D eigenvalue weighted by atomic mass is 35.5. The number of carbonyl (C=O) groups excluding carboxylic acids is 1. The molecule has 0 aliphatic heterocycles. The summed E-state index contributed by atoms with van der Waals surface area (Å²) in [6, 6.07) is 12.2. The van der Waals surface area contributed by atoms with Gasteiger partial charge >= 0.3 is 0 Å². The van der Waals surface area contributed by atoms with Crippen LogP contribution in [0, 0.1) is 0 Å². The number of amides is 1. The molecule has 0 saturated heterocycles. The van der Waals surface area contributed by atoms with Crippen LogP contribution >= 0.6 is 23.2 Å². The van der Waals surface area contributed by atoms with E-state index in [1.807, 2.05) is 30.3 Å². The molecule has 110 valence electrons. The summed E-state index contributed by atoms with van der Waals surface area (Å²) in [4.78, 5) is 16.2. The Balaban J connectivity index is 2.28. The molecule has 1 aromatic heterocycles. The van der Waals surface area contributed by atoms with Crippen LogP contribution in [-0.2, 0) is 5.54 Å². The van der Waals surface area contributed by atoms with Crippen molar-refractivity contribution in [1.82, 2.24) is 10.3 Å². The van der Waals surface area contributed by atoms with Crippen molar-refractivity contribution in [2.24, 2.45) is 0 Å². The van der Waals surface area contributed by atoms with Gasteiger partial charge in [0.25, 0.3) is 5.91 Å². The Morgan fingerprint density at radius 3 is 2.48 bits per heavy atom. The Bertz CT molecular complexity index is 649. The number of rotatable bonds is 4. The minimum Gasteiger partial charge on any atom is -0.394 e. The first-order valence-electron chi connectivity index (χ1n) is 6.27. The van der Waals surface area contributed by atoms with Crippen LogP contribution < -0.4 is 5.32 Å². The van der Waals surface area contributed by atoms with Crippen LogP contribution in [0.15, 0.2) is 42.5 Å². The molecule has 0 fully saturated rings. The number of halogens is 2. The largest absolute Gasteiger partial charge is 0.394 e. The number of benzene rings is 1. The van der Waals surface area contributed by atoms with Gasteiger partial charge in [0.1, 0.15) is 10.3 Å². The number of hydrogen-bond donors (Lipinski definition) is 2. The Hall–Kier alpha value is -1.62. The van der Waals surface area contributed by atoms with Gasteiger partial charge in [-0.05, 0) is 24.6 Å². The second kappa shape index (κ2) is 6.43. The molecule has 1 unspecified atom stereocenters. The molecule has 2 N–H and O–H groups in total. The molecule has 21 heavy (non-hydrogen) atoms. The van der Waals surface area contributed by atoms with Crippen molar-refractivity contribution in [2.75, 3.05) is 6.61 Å². The lowest BCUT2D eigenvalue weighted by atomic mass is 9.92. The van der Waals surface area contributed by atoms with E-state index in [0.29, 0.717) is 0 Å². The van der Waals surface area contributed by atoms with Gasteiger partial charge in [0.05, 0.1) is 17.7 Å². The summed E-state index contributed by atoms with van der Waals surface area (Å²) in [6.45, 7) is 1.48. The molecule has 0 radical (unpaired) electrons. The molecule has 4 nitrogen and oxygen atoms in total. The maximum Gasteiger partial charge on any atom is 0.255 e. The third-order valence-electron chi connectivity index (χ3n) is 3.18. The maximum atomic E-state index is 12.3. The van der Waals surface area contributed by atoms with Crippen molar-refractivity contribution >= 4 is 29.1 Å². The van der Waals surface area contributed by atoms with Gasteiger partial charge < -0.3 is 10.4 Å². The van der Waals surface area contributed by atoms with Crippen molar-refractivity contribution in [3.05, 3.63) is 63.9 Å². The van der Waals surface area contributed by atoms with Gasteiger partial charge in [0, 0.05) is 0 Å². The number of carbonyl (C=O) groups is 1. The Kier molecular flexibility index (Phi) is 4.83. The SMILES string of the molecule is CC(CO)(NC(=O)c1ccc(Cl)nc1Cl)c1ccccc1. The van der Waals surface area contributed by atoms with Crippen molar-refractivity contribution in [1.29, 1.82) is 0 Å². The zero-order valence-electron chi connectivity index (χ0n) is 11.3. The predicted octanol–water partition coefficient (Wildman–Crippen LogP) is 3.03. The minimum atomic E-state index is -0.915. The molecule has 2 rings (SSSR count). The van der Waals surface area contributed by atoms with Gasteiger partial charge in [-0.3, -0.25) is 4.79 Å². The first-order chi connectivity index (χ1) is 9.96. The standard InChI is InChI=1S/C15H14Cl2N2O2/c1-15(9-20,10-5-3-2-4-6-10)19-14(21)11-7-8-12(16)18-13(11)17/h2-8,20H,9H2,1H3,(H,19,21). The highest BCUT2D eigenvalue weighted by Crippen LogP contribution is 2.22. The third kappa shape index (κ3) is 3.53. The van der Waals surface area contributed by atoms with E-state index in [1.54, 1.807) is 6.92 Å². The fraction of sp³-hybridized carbons (Fsp3) is 0.200. The van der Waals surface area contributed by atoms with Crippen molar-refractivity contribution in [2.45, 2.75) is 12.5 Å². The molecule has 2 aromatic rings. The van der Waals surface area contributed by atoms with Crippen LogP contribution in [0.1, 0.15) is 22.8 Å². The average Bonchev–Trinajstić information content (AvgIpc) is 2.47. The molecule has 1 aromatic carbocycles. The fourth-order valence-corrected chi connectivity index (χ4v) is 2.34. The molecule has 1 heterocycles. The van der Waals surface area contributed by atoms with Crippen LogP contribution in [0.4, 0.5) is 0 Å². The topological polar surface area (TPSA) is 62.2 Å². The Morgan fingerprint density at radius 1 is 1.24 bits per heavy atom. The van der Waals surface area contributed by atoms with E-state index in [1.165, 1.54) is 12.1 Å². The number of hydrogen-bond acceptors (Lipinski definition) is 3. The molecular weight excluding hydrogens is 311 g/mol. The second-order valence-electron chi connectivity index (χ2n) is 4.78. The van der Waals surface area contributed by atoms with Gasteiger partial charge in [-0.2, -0.15) is 0 Å². The first-order valence-corrected chi connectivity index (χ1v) is 7.03. The summed E-state index contributed by atoms with van der Waals surface area (Å²) >= 11 is 11.6. The summed E-state index contributed by atoms with van der Waals surface area (Å²) in [6.07, 6.45) is 0. The van der Waals surface area contributed by atoms with Crippen molar-refractivity contribution in [3.63, 3.8) is 0 Å². The zero-order chi connectivity index (χ0) is 15.5. The van der Waals surface area contributed by atoms with Gasteiger partial charge in [-0.25, -0.2) is 4.98 Å². The van der Waals surface area contributed by atoms with Gasteiger partial charge in [0.2, 0.25) is 0 Å². The molecule has 0 bridgehead atoms. The number of nitrogens with zero attached hydrogens (tertiary/aromatic N) is 1. The van der Waals surface area contributed by atoms with Gasteiger partial charge in [0.15, 0.2) is 0 Å². The van der Waals surface area contributed by atoms with E-state index in [-0.39, 0.29) is 22.5 Å². The van der Waals surface area contributed by atoms with Crippen LogP contribution in [0.5, 0.6) is 0 Å². The minimum absolute atomic E-state index is 0.0216. The van der Waals surface area contributed by atoms with Crippen LogP contribution in [0.25, 0.3) is 0 Å². The highest BCUT2D eigenvalue weighted by Gasteiger charge is 2.29. The van der Waals surface area contributed by atoms with Gasteiger partial charge in [-0.15, -0.1) is 0 Å². The van der Waals surface area contributed by atoms with E-state index in [4.69, 9.17) is 23.2 Å². The molecule has 1 amide bonds. The van der Waals surface area contributed by atoms with Crippen LogP contribution in [0.2, 0.25) is 10.3 Å². The number of aliphatic hydroxyl groups excluding tert-OH is 1. The summed E-state index contributed by atoms with van der Waals surface area (Å²) in [5, 5.41) is 12.7. The Labute approximate surface area is 132 Å². The maximum absolute atomic E-state index is 12.3. The number of aromatic nitrogens is 1. The van der Waals surface area contributed by atoms with Crippen molar-refractivity contribution < 1.29 is 9.90 Å². The van der Waals surface area contributed by atoms with E-state index in [9.17, 15) is 9.90 Å². The lowest BCUT2D eigenvalue weighted by Crippen LogP contribution is -2.46. The molecule has 6 heteroatoms. The number of nitrogens with one attached hydrogen (secondary N) is 1. The summed E-state index contributed by atoms with van der Waals surface area (Å²) in [5.41, 5.74) is 0.0805. The van der Waals surface area contributed by atoms with E-state index < -0.39 is 11.4 Å². The zero-order valence-corrected chi connectivity index (χ0v) is 12.8. The quantitative estimate of drug-likeness (QED) is 0.850.